The van der Waals surface area contributed by atoms with E-state index in [-0.39, 0.29) is 11.4 Å². The monoisotopic (exact) mass is 409 g/mol. The number of thiazole rings is 1. The van der Waals surface area contributed by atoms with E-state index in [0.29, 0.717) is 12.2 Å². The Balaban J connectivity index is 1.56. The van der Waals surface area contributed by atoms with E-state index in [1.54, 1.807) is 11.3 Å². The van der Waals surface area contributed by atoms with Gasteiger partial charge in [0.25, 0.3) is 5.91 Å². The van der Waals surface area contributed by atoms with Gasteiger partial charge in [-0.1, -0.05) is 18.2 Å². The number of ether oxygens (including phenoxy) is 1. The molecule has 0 saturated heterocycles. The van der Waals surface area contributed by atoms with Crippen LogP contribution in [0.1, 0.15) is 39.3 Å². The van der Waals surface area contributed by atoms with E-state index < -0.39 is 0 Å². The minimum atomic E-state index is -0.288. The average molecular weight is 410 g/mol. The molecule has 1 N–H and O–H groups in total. The number of hydrogen-bond donors (Lipinski definition) is 1. The van der Waals surface area contributed by atoms with Gasteiger partial charge in [-0.2, -0.15) is 0 Å². The van der Waals surface area contributed by atoms with Crippen molar-refractivity contribution in [2.75, 3.05) is 27.2 Å². The van der Waals surface area contributed by atoms with E-state index in [0.717, 1.165) is 41.2 Å². The summed E-state index contributed by atoms with van der Waals surface area (Å²) >= 11 is 1.70. The van der Waals surface area contributed by atoms with Crippen molar-refractivity contribution in [2.24, 2.45) is 0 Å². The summed E-state index contributed by atoms with van der Waals surface area (Å²) in [7, 11) is 4.02. The summed E-state index contributed by atoms with van der Waals surface area (Å²) in [6, 6.07) is 11.9. The highest BCUT2D eigenvalue weighted by molar-refractivity contribution is 7.18. The standard InChI is InChI=1S/C23H27N3O2S/c1-15-8-9-17(28-13-12-26(3)4)14-18(15)22(27)25-23(10-11-23)19-6-5-7-20-21(19)29-16(2)24-20/h5-9,14H,10-13H2,1-4H3,(H,25,27). The molecule has 4 rings (SSSR count). The number of fused-ring (bicyclic) bond motifs is 1. The number of aryl methyl sites for hydroxylation is 2. The molecule has 1 aliphatic rings. The smallest absolute Gasteiger partial charge is 0.252 e. The Hall–Kier alpha value is -2.44. The first-order chi connectivity index (χ1) is 13.9. The first-order valence-electron chi connectivity index (χ1n) is 9.95. The van der Waals surface area contributed by atoms with E-state index in [2.05, 4.69) is 21.3 Å². The van der Waals surface area contributed by atoms with Crippen molar-refractivity contribution in [3.63, 3.8) is 0 Å². The number of aromatic nitrogens is 1. The van der Waals surface area contributed by atoms with Crippen LogP contribution in [0.4, 0.5) is 0 Å². The molecular formula is C23H27N3O2S. The van der Waals surface area contributed by atoms with Crippen LogP contribution in [0, 0.1) is 13.8 Å². The van der Waals surface area contributed by atoms with Gasteiger partial charge < -0.3 is 15.0 Å². The summed E-state index contributed by atoms with van der Waals surface area (Å²) in [6.45, 7) is 5.41. The SMILES string of the molecule is Cc1nc2cccc(C3(NC(=O)c4cc(OCCN(C)C)ccc4C)CC3)c2s1. The van der Waals surface area contributed by atoms with Gasteiger partial charge in [-0.3, -0.25) is 4.79 Å². The predicted octanol–water partition coefficient (Wildman–Crippen LogP) is 4.27. The zero-order chi connectivity index (χ0) is 20.6. The van der Waals surface area contributed by atoms with Gasteiger partial charge in [0, 0.05) is 12.1 Å². The number of nitrogens with one attached hydrogen (secondary N) is 1. The topological polar surface area (TPSA) is 54.5 Å². The minimum Gasteiger partial charge on any atom is -0.492 e. The quantitative estimate of drug-likeness (QED) is 0.633. The van der Waals surface area contributed by atoms with E-state index >= 15 is 0 Å². The Kier molecular flexibility index (Phi) is 5.32. The number of hydrogen-bond acceptors (Lipinski definition) is 5. The molecule has 0 spiro atoms. The van der Waals surface area contributed by atoms with Crippen molar-refractivity contribution in [1.82, 2.24) is 15.2 Å². The van der Waals surface area contributed by atoms with E-state index in [4.69, 9.17) is 4.74 Å². The highest BCUT2D eigenvalue weighted by Crippen LogP contribution is 2.49. The fourth-order valence-electron chi connectivity index (χ4n) is 3.59. The summed E-state index contributed by atoms with van der Waals surface area (Å²) in [5.74, 6) is 0.684. The Morgan fingerprint density at radius 1 is 1.24 bits per heavy atom. The minimum absolute atomic E-state index is 0.0451. The maximum absolute atomic E-state index is 13.2. The number of carbonyl (C=O) groups is 1. The molecule has 1 heterocycles. The van der Waals surface area contributed by atoms with Crippen molar-refractivity contribution >= 4 is 27.5 Å². The van der Waals surface area contributed by atoms with Gasteiger partial charge in [-0.25, -0.2) is 4.98 Å². The fraction of sp³-hybridized carbons (Fsp3) is 0.391. The molecule has 5 nitrogen and oxygen atoms in total. The van der Waals surface area contributed by atoms with Crippen LogP contribution in [0.15, 0.2) is 36.4 Å². The van der Waals surface area contributed by atoms with E-state index in [1.165, 1.54) is 10.3 Å². The van der Waals surface area contributed by atoms with Crippen LogP contribution < -0.4 is 10.1 Å². The lowest BCUT2D eigenvalue weighted by Crippen LogP contribution is -2.35. The summed E-state index contributed by atoms with van der Waals surface area (Å²) < 4.78 is 7.01. The van der Waals surface area contributed by atoms with Gasteiger partial charge in [0.15, 0.2) is 0 Å². The summed E-state index contributed by atoms with van der Waals surface area (Å²) in [6.07, 6.45) is 1.90. The molecule has 0 bridgehead atoms. The largest absolute Gasteiger partial charge is 0.492 e. The predicted molar refractivity (Wildman–Crippen MR) is 118 cm³/mol. The lowest BCUT2D eigenvalue weighted by Gasteiger charge is -2.20. The first kappa shape index (κ1) is 19.9. The molecule has 1 saturated carbocycles. The van der Waals surface area contributed by atoms with Crippen LogP contribution in [0.25, 0.3) is 10.2 Å². The Bertz CT molecular complexity index is 1050. The Labute approximate surface area is 175 Å². The summed E-state index contributed by atoms with van der Waals surface area (Å²) in [4.78, 5) is 19.9. The first-order valence-corrected chi connectivity index (χ1v) is 10.8. The highest BCUT2D eigenvalue weighted by Gasteiger charge is 2.47. The van der Waals surface area contributed by atoms with Crippen LogP contribution in [-0.2, 0) is 5.54 Å². The third-order valence-corrected chi connectivity index (χ3v) is 6.42. The molecule has 6 heteroatoms. The van der Waals surface area contributed by atoms with Gasteiger partial charge >= 0.3 is 0 Å². The maximum Gasteiger partial charge on any atom is 0.252 e. The second kappa shape index (κ2) is 7.76. The van der Waals surface area contributed by atoms with E-state index in [1.807, 2.05) is 58.3 Å². The molecule has 1 aliphatic carbocycles. The van der Waals surface area contributed by atoms with Crippen LogP contribution in [-0.4, -0.2) is 43.0 Å². The molecule has 1 amide bonds. The molecule has 0 unspecified atom stereocenters. The number of nitrogens with zero attached hydrogens (tertiary/aromatic N) is 2. The average Bonchev–Trinajstić information content (AvgIpc) is 3.34. The zero-order valence-corrected chi connectivity index (χ0v) is 18.2. The third kappa shape index (κ3) is 4.14. The number of amides is 1. The van der Waals surface area contributed by atoms with Crippen molar-refractivity contribution in [3.8, 4) is 5.75 Å². The molecular weight excluding hydrogens is 382 g/mol. The zero-order valence-electron chi connectivity index (χ0n) is 17.4. The molecule has 0 aliphatic heterocycles. The molecule has 1 aromatic heterocycles. The van der Waals surface area contributed by atoms with Crippen LogP contribution in [0.3, 0.4) is 0 Å². The number of benzene rings is 2. The number of likely N-dealkylation sites (N-methyl/N-ethyl adjacent to an activating group) is 1. The van der Waals surface area contributed by atoms with Gasteiger partial charge in [0.2, 0.25) is 0 Å². The number of rotatable bonds is 7. The van der Waals surface area contributed by atoms with Crippen molar-refractivity contribution in [3.05, 3.63) is 58.1 Å². The molecule has 3 aromatic rings. The second-order valence-electron chi connectivity index (χ2n) is 8.05. The molecule has 0 radical (unpaired) electrons. The molecule has 1 fully saturated rings. The van der Waals surface area contributed by atoms with Crippen molar-refractivity contribution in [1.29, 1.82) is 0 Å². The Morgan fingerprint density at radius 3 is 2.76 bits per heavy atom. The number of carbonyl (C=O) groups excluding carboxylic acids is 1. The van der Waals surface area contributed by atoms with Crippen LogP contribution in [0.5, 0.6) is 5.75 Å². The lowest BCUT2D eigenvalue weighted by molar-refractivity contribution is 0.0930. The van der Waals surface area contributed by atoms with E-state index in [9.17, 15) is 4.79 Å². The van der Waals surface area contributed by atoms with Gasteiger partial charge in [-0.05, 0) is 70.1 Å². The summed E-state index contributed by atoms with van der Waals surface area (Å²) in [5, 5.41) is 4.37. The van der Waals surface area contributed by atoms with Gasteiger partial charge in [0.1, 0.15) is 12.4 Å². The highest BCUT2D eigenvalue weighted by atomic mass is 32.1. The summed E-state index contributed by atoms with van der Waals surface area (Å²) in [5.41, 5.74) is 3.53. The normalized spacial score (nSPS) is 14.9. The van der Waals surface area contributed by atoms with Crippen LogP contribution in [0.2, 0.25) is 0 Å². The molecule has 152 valence electrons. The third-order valence-electron chi connectivity index (χ3n) is 5.40. The molecule has 0 atom stereocenters. The van der Waals surface area contributed by atoms with Crippen LogP contribution >= 0.6 is 11.3 Å². The molecule has 2 aromatic carbocycles. The van der Waals surface area contributed by atoms with Gasteiger partial charge in [0.05, 0.1) is 20.8 Å². The maximum atomic E-state index is 13.2. The van der Waals surface area contributed by atoms with Gasteiger partial charge in [-0.15, -0.1) is 11.3 Å². The fourth-order valence-corrected chi connectivity index (χ4v) is 4.62. The second-order valence-corrected chi connectivity index (χ2v) is 9.25. The van der Waals surface area contributed by atoms with Crippen molar-refractivity contribution in [2.45, 2.75) is 32.2 Å². The lowest BCUT2D eigenvalue weighted by atomic mass is 10.0. The Morgan fingerprint density at radius 2 is 2.03 bits per heavy atom. The molecule has 29 heavy (non-hydrogen) atoms. The van der Waals surface area contributed by atoms with Crippen molar-refractivity contribution < 1.29 is 9.53 Å².